The van der Waals surface area contributed by atoms with Crippen molar-refractivity contribution in [1.82, 2.24) is 0 Å². The van der Waals surface area contributed by atoms with E-state index in [0.29, 0.717) is 0 Å². The number of fused-ring (bicyclic) bond motifs is 1. The number of hydrogen-bond acceptors (Lipinski definition) is 3. The van der Waals surface area contributed by atoms with Crippen LogP contribution in [0.2, 0.25) is 0 Å². The molecule has 3 rings (SSSR count). The van der Waals surface area contributed by atoms with E-state index in [2.05, 4.69) is 43.1 Å². The number of aryl methyl sites for hydroxylation is 2. The van der Waals surface area contributed by atoms with E-state index in [0.717, 1.165) is 10.8 Å². The number of aromatic nitrogens is 1. The Hall–Kier alpha value is -2.24. The molecule has 186 valence electrons. The Kier molecular flexibility index (Phi) is 12.9. The summed E-state index contributed by atoms with van der Waals surface area (Å²) in [6.07, 6.45) is 21.2. The van der Waals surface area contributed by atoms with Gasteiger partial charge in [-0.05, 0) is 41.3 Å². The molecule has 34 heavy (non-hydrogen) atoms. The maximum Gasteiger partial charge on any atom is 0.168 e. The topological polar surface area (TPSA) is 61.1 Å². The van der Waals surface area contributed by atoms with Crippen molar-refractivity contribution in [2.45, 2.75) is 88.9 Å². The third kappa shape index (κ3) is 11.3. The van der Waals surface area contributed by atoms with Gasteiger partial charge in [0.15, 0.2) is 12.4 Å². The number of pyridine rings is 1. The summed E-state index contributed by atoms with van der Waals surface area (Å²) in [6.45, 7) is 2.29. The van der Waals surface area contributed by atoms with Gasteiger partial charge in [-0.2, -0.15) is 0 Å². The summed E-state index contributed by atoms with van der Waals surface area (Å²) in [7, 11) is -2.27. The summed E-state index contributed by atoms with van der Waals surface area (Å²) < 4.78 is 34.3. The van der Waals surface area contributed by atoms with Crippen LogP contribution in [0.3, 0.4) is 0 Å². The molecular formula is C29H41NO3S. The summed E-state index contributed by atoms with van der Waals surface area (Å²) >= 11 is 0. The van der Waals surface area contributed by atoms with Crippen LogP contribution < -0.4 is 4.57 Å². The minimum absolute atomic E-state index is 0.184. The van der Waals surface area contributed by atoms with Crippen molar-refractivity contribution in [2.24, 2.45) is 7.05 Å². The van der Waals surface area contributed by atoms with Crippen LogP contribution in [0.4, 0.5) is 0 Å². The lowest BCUT2D eigenvalue weighted by Gasteiger charge is -2.07. The summed E-state index contributed by atoms with van der Waals surface area (Å²) in [5.74, 6) is 0. The zero-order valence-electron chi connectivity index (χ0n) is 20.9. The van der Waals surface area contributed by atoms with E-state index in [1.54, 1.807) is 18.2 Å². The SMILES string of the molecule is CCCCCCCCCCCCCc1cc[n+](C)cc1.O=S(=O)([O-])c1ccc2ccccc2c1. The van der Waals surface area contributed by atoms with E-state index in [-0.39, 0.29) is 4.90 Å². The fourth-order valence-electron chi connectivity index (χ4n) is 4.01. The third-order valence-corrected chi connectivity index (χ3v) is 6.96. The highest BCUT2D eigenvalue weighted by Crippen LogP contribution is 2.18. The van der Waals surface area contributed by atoms with E-state index < -0.39 is 10.1 Å². The van der Waals surface area contributed by atoms with Gasteiger partial charge in [0.2, 0.25) is 0 Å². The molecular weight excluding hydrogens is 442 g/mol. The van der Waals surface area contributed by atoms with Crippen molar-refractivity contribution >= 4 is 20.9 Å². The average Bonchev–Trinajstić information content (AvgIpc) is 2.83. The summed E-state index contributed by atoms with van der Waals surface area (Å²) in [5, 5.41) is 1.67. The van der Waals surface area contributed by atoms with Crippen molar-refractivity contribution in [3.63, 3.8) is 0 Å². The number of nitrogens with zero attached hydrogens (tertiary/aromatic N) is 1. The maximum absolute atomic E-state index is 10.7. The third-order valence-electron chi connectivity index (χ3n) is 6.13. The maximum atomic E-state index is 10.7. The van der Waals surface area contributed by atoms with E-state index >= 15 is 0 Å². The fourth-order valence-corrected chi connectivity index (χ4v) is 4.52. The lowest BCUT2D eigenvalue weighted by Crippen LogP contribution is -2.25. The molecule has 0 bridgehead atoms. The minimum Gasteiger partial charge on any atom is -0.744 e. The molecule has 0 atom stereocenters. The highest BCUT2D eigenvalue weighted by atomic mass is 32.2. The van der Waals surface area contributed by atoms with Crippen LogP contribution in [-0.4, -0.2) is 13.0 Å². The zero-order chi connectivity index (χ0) is 24.7. The van der Waals surface area contributed by atoms with Gasteiger partial charge in [0, 0.05) is 12.1 Å². The molecule has 0 saturated heterocycles. The van der Waals surface area contributed by atoms with Gasteiger partial charge in [-0.25, -0.2) is 13.0 Å². The highest BCUT2D eigenvalue weighted by Gasteiger charge is 2.01. The Bertz CT molecular complexity index is 1060. The first-order chi connectivity index (χ1) is 16.4. The number of rotatable bonds is 13. The lowest BCUT2D eigenvalue weighted by molar-refractivity contribution is -0.671. The lowest BCUT2D eigenvalue weighted by atomic mass is 10.0. The molecule has 0 aliphatic heterocycles. The summed E-state index contributed by atoms with van der Waals surface area (Å²) in [4.78, 5) is -0.184. The second-order valence-corrected chi connectivity index (χ2v) is 10.5. The zero-order valence-corrected chi connectivity index (χ0v) is 21.7. The molecule has 0 N–H and O–H groups in total. The van der Waals surface area contributed by atoms with Crippen LogP contribution in [-0.2, 0) is 23.6 Å². The molecule has 0 spiro atoms. The van der Waals surface area contributed by atoms with Gasteiger partial charge in [-0.3, -0.25) is 0 Å². The molecule has 5 heteroatoms. The first-order valence-corrected chi connectivity index (χ1v) is 14.2. The van der Waals surface area contributed by atoms with Crippen molar-refractivity contribution in [3.05, 3.63) is 72.6 Å². The van der Waals surface area contributed by atoms with Crippen LogP contribution in [0.25, 0.3) is 10.8 Å². The van der Waals surface area contributed by atoms with Crippen molar-refractivity contribution in [2.75, 3.05) is 0 Å². The van der Waals surface area contributed by atoms with Crippen LogP contribution in [0.5, 0.6) is 0 Å². The van der Waals surface area contributed by atoms with E-state index in [9.17, 15) is 13.0 Å². The molecule has 0 saturated carbocycles. The number of benzene rings is 2. The van der Waals surface area contributed by atoms with E-state index in [4.69, 9.17) is 0 Å². The number of hydrogen-bond donors (Lipinski definition) is 0. The molecule has 0 radical (unpaired) electrons. The Labute approximate surface area is 206 Å². The van der Waals surface area contributed by atoms with Crippen molar-refractivity contribution < 1.29 is 17.5 Å². The van der Waals surface area contributed by atoms with E-state index in [1.165, 1.54) is 94.7 Å². The molecule has 1 heterocycles. The monoisotopic (exact) mass is 483 g/mol. The largest absolute Gasteiger partial charge is 0.744 e. The molecule has 0 amide bonds. The Morgan fingerprint density at radius 1 is 0.706 bits per heavy atom. The van der Waals surface area contributed by atoms with Gasteiger partial charge in [-0.1, -0.05) is 101 Å². The first-order valence-electron chi connectivity index (χ1n) is 12.8. The van der Waals surface area contributed by atoms with Crippen LogP contribution >= 0.6 is 0 Å². The van der Waals surface area contributed by atoms with Gasteiger partial charge in [0.25, 0.3) is 0 Å². The molecule has 0 fully saturated rings. The Balaban J connectivity index is 0.000000254. The smallest absolute Gasteiger partial charge is 0.168 e. The molecule has 3 aromatic rings. The van der Waals surface area contributed by atoms with Crippen molar-refractivity contribution in [1.29, 1.82) is 0 Å². The van der Waals surface area contributed by atoms with Crippen LogP contribution in [0.1, 0.15) is 83.1 Å². The second kappa shape index (κ2) is 15.6. The molecule has 0 aliphatic rings. The molecule has 1 aromatic heterocycles. The van der Waals surface area contributed by atoms with Crippen molar-refractivity contribution in [3.8, 4) is 0 Å². The minimum atomic E-state index is -4.34. The predicted molar refractivity (Wildman–Crippen MR) is 140 cm³/mol. The van der Waals surface area contributed by atoms with Gasteiger partial charge in [-0.15, -0.1) is 0 Å². The summed E-state index contributed by atoms with van der Waals surface area (Å²) in [5.41, 5.74) is 1.49. The van der Waals surface area contributed by atoms with E-state index in [1.807, 2.05) is 12.1 Å². The van der Waals surface area contributed by atoms with Crippen LogP contribution in [0.15, 0.2) is 71.9 Å². The molecule has 0 aliphatic carbocycles. The molecule has 2 aromatic carbocycles. The fraction of sp³-hybridized carbons (Fsp3) is 0.483. The quantitative estimate of drug-likeness (QED) is 0.148. The van der Waals surface area contributed by atoms with Gasteiger partial charge < -0.3 is 4.55 Å². The number of unbranched alkanes of at least 4 members (excludes halogenated alkanes) is 10. The Morgan fingerprint density at radius 3 is 1.79 bits per heavy atom. The standard InChI is InChI=1S/C19H34N.C10H8O3S/c1-3-4-5-6-7-8-9-10-11-12-13-14-19-15-17-20(2)18-16-19;11-14(12,13)10-6-5-8-3-1-2-4-9(8)7-10/h15-18H,3-14H2,1-2H3;1-7H,(H,11,12,13)/q+1;/p-1. The van der Waals surface area contributed by atoms with Gasteiger partial charge in [0.1, 0.15) is 17.2 Å². The van der Waals surface area contributed by atoms with Gasteiger partial charge in [0.05, 0.1) is 4.90 Å². The first kappa shape index (κ1) is 28.0. The molecule has 0 unspecified atom stereocenters. The van der Waals surface area contributed by atoms with Crippen LogP contribution in [0, 0.1) is 0 Å². The molecule has 4 nitrogen and oxygen atoms in total. The highest BCUT2D eigenvalue weighted by molar-refractivity contribution is 7.85. The normalized spacial score (nSPS) is 11.3. The Morgan fingerprint density at radius 2 is 1.24 bits per heavy atom. The van der Waals surface area contributed by atoms with Gasteiger partial charge >= 0.3 is 0 Å². The average molecular weight is 484 g/mol. The second-order valence-electron chi connectivity index (χ2n) is 9.12. The summed E-state index contributed by atoms with van der Waals surface area (Å²) in [6, 6.07) is 16.1. The predicted octanol–water partition coefficient (Wildman–Crippen LogP) is 7.11.